The van der Waals surface area contributed by atoms with Crippen molar-refractivity contribution in [2.45, 2.75) is 13.8 Å². The number of nitrogens with zero attached hydrogens (tertiary/aromatic N) is 1. The van der Waals surface area contributed by atoms with E-state index in [-0.39, 0.29) is 24.0 Å². The summed E-state index contributed by atoms with van der Waals surface area (Å²) in [6.07, 6.45) is 0. The van der Waals surface area contributed by atoms with Crippen molar-refractivity contribution in [1.29, 1.82) is 0 Å². The Kier molecular flexibility index (Phi) is 17.2. The average molecular weight is 218 g/mol. The Morgan fingerprint density at radius 3 is 1.46 bits per heavy atom. The Morgan fingerprint density at radius 1 is 1.23 bits per heavy atom. The van der Waals surface area contributed by atoms with Crippen LogP contribution in [0.1, 0.15) is 13.8 Å². The van der Waals surface area contributed by atoms with E-state index in [9.17, 15) is 0 Å². The molecule has 4 nitrogen and oxygen atoms in total. The molecule has 0 aliphatic carbocycles. The minimum atomic E-state index is -0.500. The number of thiocarbonyl (C=S) groups is 2. The second-order valence-electron chi connectivity index (χ2n) is 1.79. The van der Waals surface area contributed by atoms with Crippen molar-refractivity contribution in [3.8, 4) is 0 Å². The third-order valence-electron chi connectivity index (χ3n) is 1.03. The number of hydrogen-bond donors (Lipinski definition) is 3. The number of nitrogens with two attached hydrogens (primary N) is 1. The van der Waals surface area contributed by atoms with Gasteiger partial charge < -0.3 is 20.8 Å². The summed E-state index contributed by atoms with van der Waals surface area (Å²) < 4.78 is 0. The summed E-state index contributed by atoms with van der Waals surface area (Å²) in [5, 5.41) is 15.7. The molecule has 4 N–H and O–H groups in total. The van der Waals surface area contributed by atoms with Gasteiger partial charge in [0.1, 0.15) is 0 Å². The van der Waals surface area contributed by atoms with Crippen molar-refractivity contribution in [3.05, 3.63) is 0 Å². The quantitative estimate of drug-likeness (QED) is 0.458. The summed E-state index contributed by atoms with van der Waals surface area (Å²) >= 11 is 8.37. The summed E-state index contributed by atoms with van der Waals surface area (Å²) in [4.78, 5) is 1.70. The maximum atomic E-state index is 8.67. The monoisotopic (exact) mass is 218 g/mol. The van der Waals surface area contributed by atoms with Crippen LogP contribution in [-0.4, -0.2) is 57.4 Å². The van der Waals surface area contributed by atoms with Gasteiger partial charge in [0, 0.05) is 13.1 Å². The molecule has 0 amide bonds. The van der Waals surface area contributed by atoms with Crippen molar-refractivity contribution in [2.24, 2.45) is 5.73 Å². The molecular formula is C6H15LiN2O2S2. The van der Waals surface area contributed by atoms with Gasteiger partial charge in [-0.2, -0.15) is 0 Å². The zero-order valence-corrected chi connectivity index (χ0v) is 8.78. The zero-order chi connectivity index (χ0) is 10.1. The van der Waals surface area contributed by atoms with Crippen LogP contribution in [0.15, 0.2) is 0 Å². The summed E-state index contributed by atoms with van der Waals surface area (Å²) in [6, 6.07) is 0. The van der Waals surface area contributed by atoms with Crippen LogP contribution in [0.5, 0.6) is 0 Å². The van der Waals surface area contributed by atoms with Crippen LogP contribution in [-0.2, 0) is 0 Å². The molecule has 0 aliphatic heterocycles. The minimum absolute atomic E-state index is 0. The number of aliphatic hydroxyl groups is 2. The van der Waals surface area contributed by atoms with Crippen LogP contribution >= 0.6 is 24.4 Å². The van der Waals surface area contributed by atoms with E-state index in [1.165, 1.54) is 0 Å². The predicted molar refractivity (Wildman–Crippen MR) is 64.7 cm³/mol. The van der Waals surface area contributed by atoms with Crippen LogP contribution < -0.4 is 5.73 Å². The summed E-state index contributed by atoms with van der Waals surface area (Å²) in [7, 11) is 0. The Hall–Kier alpha value is -0.0226. The first kappa shape index (κ1) is 18.7. The van der Waals surface area contributed by atoms with E-state index in [1.807, 2.05) is 13.8 Å². The molecule has 0 atom stereocenters. The first-order chi connectivity index (χ1) is 5.45. The summed E-state index contributed by atoms with van der Waals surface area (Å²) in [6.45, 7) is 5.47. The first-order valence-corrected chi connectivity index (χ1v) is 4.23. The molecule has 74 valence electrons. The molecule has 0 saturated carbocycles. The third-order valence-corrected chi connectivity index (χ3v) is 1.29. The van der Waals surface area contributed by atoms with Gasteiger partial charge in [-0.25, -0.2) is 0 Å². The van der Waals surface area contributed by atoms with Gasteiger partial charge in [0.05, 0.1) is 0 Å². The summed E-state index contributed by atoms with van der Waals surface area (Å²) in [5.74, 6) is 0. The molecule has 0 aromatic rings. The number of hydrogen-bond acceptors (Lipinski definition) is 2. The van der Waals surface area contributed by atoms with Gasteiger partial charge in [-0.1, -0.05) is 0 Å². The molecule has 0 radical (unpaired) electrons. The first-order valence-electron chi connectivity index (χ1n) is 3.41. The van der Waals surface area contributed by atoms with Crippen LogP contribution in [0.4, 0.5) is 0 Å². The molecule has 0 rings (SSSR count). The van der Waals surface area contributed by atoms with E-state index in [2.05, 4.69) is 30.2 Å². The molecule has 0 saturated heterocycles. The SMILES string of the molecule is CCN(CC)C(O)=S.NC(O)=S.[LiH]. The molecule has 0 fully saturated rings. The molecule has 0 heterocycles. The van der Waals surface area contributed by atoms with Crippen molar-refractivity contribution in [2.75, 3.05) is 13.1 Å². The Balaban J connectivity index is -0.000000173. The average Bonchev–Trinajstić information content (AvgIpc) is 1.87. The van der Waals surface area contributed by atoms with Gasteiger partial charge in [-0.05, 0) is 38.3 Å². The van der Waals surface area contributed by atoms with E-state index in [1.54, 1.807) is 4.90 Å². The molecule has 13 heavy (non-hydrogen) atoms. The molecule has 7 heteroatoms. The molecule has 0 unspecified atom stereocenters. The van der Waals surface area contributed by atoms with Gasteiger partial charge in [0.2, 0.25) is 0 Å². The third kappa shape index (κ3) is 18.7. The fourth-order valence-corrected chi connectivity index (χ4v) is 0.752. The van der Waals surface area contributed by atoms with E-state index >= 15 is 0 Å². The van der Waals surface area contributed by atoms with E-state index in [4.69, 9.17) is 10.2 Å². The fraction of sp³-hybridized carbons (Fsp3) is 0.667. The van der Waals surface area contributed by atoms with Crippen LogP contribution in [0.3, 0.4) is 0 Å². The fourth-order valence-electron chi connectivity index (χ4n) is 0.494. The van der Waals surface area contributed by atoms with E-state index < -0.39 is 5.17 Å². The summed E-state index contributed by atoms with van der Waals surface area (Å²) in [5.41, 5.74) is 4.40. The normalized spacial score (nSPS) is 7.23. The van der Waals surface area contributed by atoms with Crippen molar-refractivity contribution in [1.82, 2.24) is 4.90 Å². The van der Waals surface area contributed by atoms with Crippen molar-refractivity contribution < 1.29 is 10.2 Å². The number of aliphatic hydroxyl groups excluding tert-OH is 2. The molecular weight excluding hydrogens is 203 g/mol. The molecule has 0 bridgehead atoms. The van der Waals surface area contributed by atoms with Crippen LogP contribution in [0.2, 0.25) is 0 Å². The topological polar surface area (TPSA) is 69.7 Å². The molecule has 0 spiro atoms. The Bertz CT molecular complexity index is 150. The van der Waals surface area contributed by atoms with Crippen LogP contribution in [0.25, 0.3) is 0 Å². The van der Waals surface area contributed by atoms with E-state index in [0.29, 0.717) is 0 Å². The van der Waals surface area contributed by atoms with Crippen LogP contribution in [0, 0.1) is 0 Å². The van der Waals surface area contributed by atoms with Gasteiger partial charge in [-0.15, -0.1) is 0 Å². The zero-order valence-electron chi connectivity index (χ0n) is 7.15. The Morgan fingerprint density at radius 2 is 1.46 bits per heavy atom. The van der Waals surface area contributed by atoms with Crippen molar-refractivity contribution >= 4 is 53.6 Å². The van der Waals surface area contributed by atoms with Gasteiger partial charge in [-0.3, -0.25) is 0 Å². The standard InChI is InChI=1S/C5H11NOS.CH3NOS.Li.H/c1-3-6(4-2)5(7)8;2-1(3)4;;/h3-4H2,1-2H3,(H,7,8);(H3,2,3,4);;. The predicted octanol–water partition coefficient (Wildman–Crippen LogP) is 0.311. The van der Waals surface area contributed by atoms with Gasteiger partial charge in [0.25, 0.3) is 10.3 Å². The maximum absolute atomic E-state index is 8.67. The molecule has 0 aromatic carbocycles. The Labute approximate surface area is 101 Å². The second kappa shape index (κ2) is 12.0. The number of rotatable bonds is 2. The van der Waals surface area contributed by atoms with Crippen molar-refractivity contribution in [3.63, 3.8) is 0 Å². The molecule has 0 aromatic heterocycles. The van der Waals surface area contributed by atoms with E-state index in [0.717, 1.165) is 13.1 Å². The second-order valence-corrected chi connectivity index (χ2v) is 2.58. The van der Waals surface area contributed by atoms with Gasteiger partial charge >= 0.3 is 18.9 Å². The molecule has 0 aliphatic rings. The van der Waals surface area contributed by atoms with Gasteiger partial charge in [0.15, 0.2) is 0 Å².